The molecular formula is C14H20FNO3S. The molecule has 0 aromatic heterocycles. The standard InChI is InChI=1S/C14H20FNO3S/c1-2-3-11-6-7-16(9-11)20(18,19)14-8-12(10-17)4-5-13(14)15/h4-5,8,11,17H,2-3,6-7,9-10H2,1H3. The highest BCUT2D eigenvalue weighted by Gasteiger charge is 2.33. The maximum absolute atomic E-state index is 13.8. The Kier molecular flexibility index (Phi) is 4.78. The third-order valence-electron chi connectivity index (χ3n) is 3.74. The molecule has 1 N–H and O–H groups in total. The van der Waals surface area contributed by atoms with Gasteiger partial charge in [-0.1, -0.05) is 19.4 Å². The zero-order chi connectivity index (χ0) is 14.8. The smallest absolute Gasteiger partial charge is 0.246 e. The van der Waals surface area contributed by atoms with E-state index in [2.05, 4.69) is 6.92 Å². The van der Waals surface area contributed by atoms with E-state index < -0.39 is 15.8 Å². The van der Waals surface area contributed by atoms with Gasteiger partial charge in [-0.15, -0.1) is 0 Å². The number of aliphatic hydroxyl groups excluding tert-OH is 1. The van der Waals surface area contributed by atoms with Crippen LogP contribution in [0.4, 0.5) is 4.39 Å². The Labute approximate surface area is 119 Å². The van der Waals surface area contributed by atoms with E-state index in [1.54, 1.807) is 0 Å². The summed E-state index contributed by atoms with van der Waals surface area (Å²) in [6.07, 6.45) is 2.84. The maximum atomic E-state index is 13.8. The predicted octanol–water partition coefficient (Wildman–Crippen LogP) is 2.13. The van der Waals surface area contributed by atoms with Crippen LogP contribution >= 0.6 is 0 Å². The number of sulfonamides is 1. The fourth-order valence-corrected chi connectivity index (χ4v) is 4.29. The summed E-state index contributed by atoms with van der Waals surface area (Å²) in [5.74, 6) is -0.403. The quantitative estimate of drug-likeness (QED) is 0.906. The summed E-state index contributed by atoms with van der Waals surface area (Å²) in [5.41, 5.74) is 0.397. The molecule has 1 fully saturated rings. The lowest BCUT2D eigenvalue weighted by Gasteiger charge is -2.17. The Balaban J connectivity index is 2.27. The van der Waals surface area contributed by atoms with Gasteiger partial charge in [0.1, 0.15) is 10.7 Å². The van der Waals surface area contributed by atoms with Crippen molar-refractivity contribution >= 4 is 10.0 Å². The summed E-state index contributed by atoms with van der Waals surface area (Å²) in [6, 6.07) is 3.70. The van der Waals surface area contributed by atoms with Crippen LogP contribution in [0.2, 0.25) is 0 Å². The van der Waals surface area contributed by atoms with Crippen LogP contribution in [0.3, 0.4) is 0 Å². The number of aliphatic hydroxyl groups is 1. The Bertz CT molecular complexity index is 574. The van der Waals surface area contributed by atoms with E-state index in [0.29, 0.717) is 24.6 Å². The molecule has 1 heterocycles. The average molecular weight is 301 g/mol. The highest BCUT2D eigenvalue weighted by atomic mass is 32.2. The lowest BCUT2D eigenvalue weighted by Crippen LogP contribution is -2.29. The van der Waals surface area contributed by atoms with Crippen LogP contribution in [0.25, 0.3) is 0 Å². The first-order chi connectivity index (χ1) is 9.48. The Morgan fingerprint density at radius 1 is 1.45 bits per heavy atom. The van der Waals surface area contributed by atoms with Crippen LogP contribution in [-0.2, 0) is 16.6 Å². The molecule has 0 amide bonds. The topological polar surface area (TPSA) is 57.6 Å². The minimum Gasteiger partial charge on any atom is -0.392 e. The van der Waals surface area contributed by atoms with Crippen molar-refractivity contribution in [1.29, 1.82) is 0 Å². The maximum Gasteiger partial charge on any atom is 0.246 e. The number of halogens is 1. The molecule has 0 aliphatic carbocycles. The van der Waals surface area contributed by atoms with Gasteiger partial charge in [-0.3, -0.25) is 0 Å². The van der Waals surface area contributed by atoms with Gasteiger partial charge in [0.05, 0.1) is 6.61 Å². The summed E-state index contributed by atoms with van der Waals surface area (Å²) < 4.78 is 40.1. The van der Waals surface area contributed by atoms with Crippen molar-refractivity contribution in [1.82, 2.24) is 4.31 Å². The second-order valence-electron chi connectivity index (χ2n) is 5.23. The van der Waals surface area contributed by atoms with E-state index in [1.807, 2.05) is 0 Å². The molecule has 0 saturated carbocycles. The number of hydrogen-bond donors (Lipinski definition) is 1. The van der Waals surface area contributed by atoms with Gasteiger partial charge in [-0.05, 0) is 36.5 Å². The van der Waals surface area contributed by atoms with Crippen molar-refractivity contribution in [2.24, 2.45) is 5.92 Å². The Morgan fingerprint density at radius 3 is 2.85 bits per heavy atom. The minimum atomic E-state index is -3.81. The first-order valence-electron chi connectivity index (χ1n) is 6.88. The van der Waals surface area contributed by atoms with Gasteiger partial charge in [0, 0.05) is 13.1 Å². The molecule has 2 rings (SSSR count). The number of benzene rings is 1. The molecule has 0 spiro atoms. The molecule has 4 nitrogen and oxygen atoms in total. The highest BCUT2D eigenvalue weighted by Crippen LogP contribution is 2.28. The second kappa shape index (κ2) is 6.20. The van der Waals surface area contributed by atoms with Crippen molar-refractivity contribution < 1.29 is 17.9 Å². The third kappa shape index (κ3) is 3.02. The van der Waals surface area contributed by atoms with Gasteiger partial charge in [0.25, 0.3) is 0 Å². The Morgan fingerprint density at radius 2 is 2.20 bits per heavy atom. The van der Waals surface area contributed by atoms with Crippen molar-refractivity contribution in [3.05, 3.63) is 29.6 Å². The van der Waals surface area contributed by atoms with Crippen LogP contribution in [0.1, 0.15) is 31.7 Å². The van der Waals surface area contributed by atoms with Crippen LogP contribution in [0, 0.1) is 11.7 Å². The molecule has 1 aliphatic heterocycles. The monoisotopic (exact) mass is 301 g/mol. The predicted molar refractivity (Wildman–Crippen MR) is 74.1 cm³/mol. The van der Waals surface area contributed by atoms with Crippen molar-refractivity contribution in [3.63, 3.8) is 0 Å². The molecule has 1 aromatic carbocycles. The molecule has 0 radical (unpaired) electrons. The van der Waals surface area contributed by atoms with Crippen LogP contribution < -0.4 is 0 Å². The van der Waals surface area contributed by atoms with E-state index >= 15 is 0 Å². The SMILES string of the molecule is CCCC1CCN(S(=O)(=O)c2cc(CO)ccc2F)C1. The van der Waals surface area contributed by atoms with Crippen LogP contribution in [0.15, 0.2) is 23.1 Å². The summed E-state index contributed by atoms with van der Waals surface area (Å²) >= 11 is 0. The van der Waals surface area contributed by atoms with Gasteiger partial charge >= 0.3 is 0 Å². The van der Waals surface area contributed by atoms with E-state index in [0.717, 1.165) is 25.3 Å². The van der Waals surface area contributed by atoms with Gasteiger partial charge in [-0.25, -0.2) is 12.8 Å². The molecule has 1 atom stereocenters. The third-order valence-corrected chi connectivity index (χ3v) is 5.62. The largest absolute Gasteiger partial charge is 0.392 e. The fraction of sp³-hybridized carbons (Fsp3) is 0.571. The summed E-state index contributed by atoms with van der Waals surface area (Å²) in [7, 11) is -3.81. The van der Waals surface area contributed by atoms with Crippen molar-refractivity contribution in [2.45, 2.75) is 37.7 Å². The summed E-state index contributed by atoms with van der Waals surface area (Å²) in [6.45, 7) is 2.66. The first kappa shape index (κ1) is 15.4. The first-order valence-corrected chi connectivity index (χ1v) is 8.32. The second-order valence-corrected chi connectivity index (χ2v) is 7.14. The molecule has 0 bridgehead atoms. The molecule has 1 aliphatic rings. The van der Waals surface area contributed by atoms with E-state index in [4.69, 9.17) is 5.11 Å². The highest BCUT2D eigenvalue weighted by molar-refractivity contribution is 7.89. The van der Waals surface area contributed by atoms with E-state index in [9.17, 15) is 12.8 Å². The molecule has 20 heavy (non-hydrogen) atoms. The van der Waals surface area contributed by atoms with E-state index in [1.165, 1.54) is 16.4 Å². The van der Waals surface area contributed by atoms with Gasteiger partial charge in [0.15, 0.2) is 0 Å². The van der Waals surface area contributed by atoms with Crippen molar-refractivity contribution in [2.75, 3.05) is 13.1 Å². The van der Waals surface area contributed by atoms with Crippen molar-refractivity contribution in [3.8, 4) is 0 Å². The molecular weight excluding hydrogens is 281 g/mol. The zero-order valence-electron chi connectivity index (χ0n) is 11.5. The van der Waals surface area contributed by atoms with Crippen LogP contribution in [-0.4, -0.2) is 30.9 Å². The average Bonchev–Trinajstić information content (AvgIpc) is 2.89. The zero-order valence-corrected chi connectivity index (χ0v) is 12.4. The lowest BCUT2D eigenvalue weighted by atomic mass is 10.0. The summed E-state index contributed by atoms with van der Waals surface area (Å²) in [4.78, 5) is -0.332. The van der Waals surface area contributed by atoms with Gasteiger partial charge < -0.3 is 5.11 Å². The van der Waals surface area contributed by atoms with Gasteiger partial charge in [-0.2, -0.15) is 4.31 Å². The van der Waals surface area contributed by atoms with E-state index in [-0.39, 0.29) is 11.5 Å². The number of rotatable bonds is 5. The molecule has 1 aromatic rings. The normalized spacial score (nSPS) is 20.4. The fourth-order valence-electron chi connectivity index (χ4n) is 2.64. The Hall–Kier alpha value is -0.980. The molecule has 1 unspecified atom stereocenters. The lowest BCUT2D eigenvalue weighted by molar-refractivity contribution is 0.281. The molecule has 112 valence electrons. The summed E-state index contributed by atoms with van der Waals surface area (Å²) in [5, 5.41) is 9.07. The molecule has 6 heteroatoms. The van der Waals surface area contributed by atoms with Crippen LogP contribution in [0.5, 0.6) is 0 Å². The number of nitrogens with zero attached hydrogens (tertiary/aromatic N) is 1. The minimum absolute atomic E-state index is 0.304. The molecule has 1 saturated heterocycles. The van der Waals surface area contributed by atoms with Gasteiger partial charge in [0.2, 0.25) is 10.0 Å². The number of hydrogen-bond acceptors (Lipinski definition) is 3.